The smallest absolute Gasteiger partial charge is 0.269 e. The second-order valence-corrected chi connectivity index (χ2v) is 8.85. The SMILES string of the molecule is CC(=O)Nc1nnc(S(=O)(=O)NCC(Br)CC(C)C)s1. The number of hydrogen-bond donors (Lipinski definition) is 2. The molecule has 1 amide bonds. The van der Waals surface area contributed by atoms with Gasteiger partial charge in [0.2, 0.25) is 15.4 Å². The number of rotatable bonds is 7. The minimum Gasteiger partial charge on any atom is -0.301 e. The van der Waals surface area contributed by atoms with Crippen molar-refractivity contribution in [2.45, 2.75) is 36.4 Å². The van der Waals surface area contributed by atoms with Crippen LogP contribution in [0.5, 0.6) is 0 Å². The number of alkyl halides is 1. The highest BCUT2D eigenvalue weighted by Gasteiger charge is 2.21. The Hall–Kier alpha value is -0.580. The summed E-state index contributed by atoms with van der Waals surface area (Å²) in [5.41, 5.74) is 0. The van der Waals surface area contributed by atoms with Crippen LogP contribution in [-0.4, -0.2) is 35.9 Å². The Kier molecular flexibility index (Phi) is 6.49. The van der Waals surface area contributed by atoms with Crippen molar-refractivity contribution in [1.82, 2.24) is 14.9 Å². The second-order valence-electron chi connectivity index (χ2n) is 4.63. The van der Waals surface area contributed by atoms with Crippen molar-refractivity contribution in [1.29, 1.82) is 0 Å². The van der Waals surface area contributed by atoms with Gasteiger partial charge in [-0.3, -0.25) is 4.79 Å². The predicted octanol–water partition coefficient (Wildman–Crippen LogP) is 1.58. The van der Waals surface area contributed by atoms with Gasteiger partial charge in [-0.15, -0.1) is 10.2 Å². The molecular weight excluding hydrogens is 368 g/mol. The molecule has 2 N–H and O–H groups in total. The number of anilines is 1. The number of hydrogen-bond acceptors (Lipinski definition) is 6. The molecule has 1 atom stereocenters. The monoisotopic (exact) mass is 384 g/mol. The van der Waals surface area contributed by atoms with Crippen molar-refractivity contribution < 1.29 is 13.2 Å². The lowest BCUT2D eigenvalue weighted by molar-refractivity contribution is -0.114. The van der Waals surface area contributed by atoms with Crippen molar-refractivity contribution >= 4 is 48.3 Å². The standard InChI is InChI=1S/C10H17BrN4O3S2/c1-6(2)4-8(11)5-12-20(17,18)10-15-14-9(19-10)13-7(3)16/h6,8,12H,4-5H2,1-3H3,(H,13,14,16). The lowest BCUT2D eigenvalue weighted by Gasteiger charge is -2.12. The molecule has 1 aromatic rings. The second kappa shape index (κ2) is 7.43. The Morgan fingerprint density at radius 1 is 1.40 bits per heavy atom. The highest BCUT2D eigenvalue weighted by molar-refractivity contribution is 9.09. The number of nitrogens with zero attached hydrogens (tertiary/aromatic N) is 2. The molecule has 10 heteroatoms. The van der Waals surface area contributed by atoms with E-state index in [0.29, 0.717) is 5.92 Å². The molecule has 0 fully saturated rings. The van der Waals surface area contributed by atoms with Gasteiger partial charge < -0.3 is 5.32 Å². The normalized spacial score (nSPS) is 13.4. The Morgan fingerprint density at radius 3 is 2.60 bits per heavy atom. The van der Waals surface area contributed by atoms with Gasteiger partial charge in [0.15, 0.2) is 0 Å². The first-order chi connectivity index (χ1) is 9.20. The number of carbonyl (C=O) groups is 1. The van der Waals surface area contributed by atoms with E-state index >= 15 is 0 Å². The Morgan fingerprint density at radius 2 is 2.05 bits per heavy atom. The fourth-order valence-corrected chi connectivity index (χ4v) is 4.57. The summed E-state index contributed by atoms with van der Waals surface area (Å²) >= 11 is 4.24. The van der Waals surface area contributed by atoms with E-state index in [1.165, 1.54) is 6.92 Å². The van der Waals surface area contributed by atoms with E-state index in [1.54, 1.807) is 0 Å². The van der Waals surface area contributed by atoms with Gasteiger partial charge in [0.1, 0.15) is 0 Å². The lowest BCUT2D eigenvalue weighted by atomic mass is 10.1. The van der Waals surface area contributed by atoms with Gasteiger partial charge in [0, 0.05) is 18.3 Å². The molecule has 0 saturated carbocycles. The topological polar surface area (TPSA) is 101 Å². The molecule has 0 aliphatic carbocycles. The summed E-state index contributed by atoms with van der Waals surface area (Å²) in [5, 5.41) is 9.73. The maximum atomic E-state index is 12.0. The van der Waals surface area contributed by atoms with Crippen LogP contribution in [-0.2, 0) is 14.8 Å². The molecule has 0 radical (unpaired) electrons. The number of nitrogens with one attached hydrogen (secondary N) is 2. The maximum absolute atomic E-state index is 12.0. The molecule has 20 heavy (non-hydrogen) atoms. The zero-order valence-electron chi connectivity index (χ0n) is 11.4. The van der Waals surface area contributed by atoms with Crippen LogP contribution in [0, 0.1) is 5.92 Å². The molecule has 1 aromatic heterocycles. The molecule has 0 aromatic carbocycles. The molecule has 114 valence electrons. The Balaban J connectivity index is 2.64. The quantitative estimate of drug-likeness (QED) is 0.548. The van der Waals surface area contributed by atoms with Crippen LogP contribution in [0.1, 0.15) is 27.2 Å². The van der Waals surface area contributed by atoms with Crippen molar-refractivity contribution in [2.75, 3.05) is 11.9 Å². The minimum atomic E-state index is -3.69. The van der Waals surface area contributed by atoms with Gasteiger partial charge in [-0.2, -0.15) is 0 Å². The van der Waals surface area contributed by atoms with Crippen LogP contribution in [0.15, 0.2) is 4.34 Å². The van der Waals surface area contributed by atoms with Crippen LogP contribution >= 0.6 is 27.3 Å². The predicted molar refractivity (Wildman–Crippen MR) is 81.6 cm³/mol. The molecule has 0 aliphatic rings. The summed E-state index contributed by atoms with van der Waals surface area (Å²) in [7, 11) is -3.69. The van der Waals surface area contributed by atoms with E-state index in [2.05, 4.69) is 50.0 Å². The maximum Gasteiger partial charge on any atom is 0.269 e. The van der Waals surface area contributed by atoms with Crippen molar-refractivity contribution in [3.05, 3.63) is 0 Å². The highest BCUT2D eigenvalue weighted by Crippen LogP contribution is 2.20. The third-order valence-electron chi connectivity index (χ3n) is 2.14. The van der Waals surface area contributed by atoms with Crippen LogP contribution < -0.4 is 10.0 Å². The molecule has 1 unspecified atom stereocenters. The first kappa shape index (κ1) is 17.5. The number of amides is 1. The van der Waals surface area contributed by atoms with Crippen molar-refractivity contribution in [3.63, 3.8) is 0 Å². The highest BCUT2D eigenvalue weighted by atomic mass is 79.9. The van der Waals surface area contributed by atoms with Crippen molar-refractivity contribution in [2.24, 2.45) is 5.92 Å². The van der Waals surface area contributed by atoms with Crippen LogP contribution in [0.25, 0.3) is 0 Å². The zero-order chi connectivity index (χ0) is 15.3. The summed E-state index contributed by atoms with van der Waals surface area (Å²) in [6.07, 6.45) is 0.857. The zero-order valence-corrected chi connectivity index (χ0v) is 14.6. The van der Waals surface area contributed by atoms with E-state index in [1.807, 2.05) is 0 Å². The van der Waals surface area contributed by atoms with Gasteiger partial charge in [0.25, 0.3) is 10.0 Å². The fourth-order valence-electron chi connectivity index (χ4n) is 1.38. The molecule has 0 spiro atoms. The van der Waals surface area contributed by atoms with Gasteiger partial charge in [-0.05, 0) is 12.3 Å². The molecular formula is C10H17BrN4O3S2. The molecule has 0 saturated heterocycles. The summed E-state index contributed by atoms with van der Waals surface area (Å²) in [6, 6.07) is 0. The van der Waals surface area contributed by atoms with Gasteiger partial charge >= 0.3 is 0 Å². The summed E-state index contributed by atoms with van der Waals surface area (Å²) in [6.45, 7) is 5.71. The average Bonchev–Trinajstić information content (AvgIpc) is 2.74. The molecule has 1 rings (SSSR count). The first-order valence-corrected chi connectivity index (χ1v) is 9.17. The fraction of sp³-hybridized carbons (Fsp3) is 0.700. The number of sulfonamides is 1. The third kappa shape index (κ3) is 5.81. The number of aromatic nitrogens is 2. The van der Waals surface area contributed by atoms with Gasteiger partial charge in [-0.1, -0.05) is 41.1 Å². The first-order valence-electron chi connectivity index (χ1n) is 5.95. The van der Waals surface area contributed by atoms with Crippen molar-refractivity contribution in [3.8, 4) is 0 Å². The van der Waals surface area contributed by atoms with E-state index in [4.69, 9.17) is 0 Å². The van der Waals surface area contributed by atoms with E-state index in [-0.39, 0.29) is 26.8 Å². The van der Waals surface area contributed by atoms with E-state index in [0.717, 1.165) is 17.8 Å². The molecule has 1 heterocycles. The van der Waals surface area contributed by atoms with Crippen LogP contribution in [0.2, 0.25) is 0 Å². The molecule has 7 nitrogen and oxygen atoms in total. The van der Waals surface area contributed by atoms with Crippen LogP contribution in [0.3, 0.4) is 0 Å². The van der Waals surface area contributed by atoms with E-state index in [9.17, 15) is 13.2 Å². The summed E-state index contributed by atoms with van der Waals surface area (Å²) in [4.78, 5) is 10.9. The van der Waals surface area contributed by atoms with Gasteiger partial charge in [0.05, 0.1) is 0 Å². The molecule has 0 aliphatic heterocycles. The summed E-state index contributed by atoms with van der Waals surface area (Å²) < 4.78 is 26.3. The van der Waals surface area contributed by atoms with Gasteiger partial charge in [-0.25, -0.2) is 13.1 Å². The largest absolute Gasteiger partial charge is 0.301 e. The minimum absolute atomic E-state index is 0.0556. The Bertz CT molecular complexity index is 559. The van der Waals surface area contributed by atoms with Crippen LogP contribution in [0.4, 0.5) is 5.13 Å². The number of halogens is 1. The Labute approximate surface area is 130 Å². The third-order valence-corrected chi connectivity index (χ3v) is 5.47. The average molecular weight is 385 g/mol. The summed E-state index contributed by atoms with van der Waals surface area (Å²) in [5.74, 6) is 0.146. The molecule has 0 bridgehead atoms. The lowest BCUT2D eigenvalue weighted by Crippen LogP contribution is -2.30. The van der Waals surface area contributed by atoms with E-state index < -0.39 is 10.0 Å². The number of carbonyl (C=O) groups excluding carboxylic acids is 1.